The van der Waals surface area contributed by atoms with E-state index < -0.39 is 0 Å². The smallest absolute Gasteiger partial charge is 0.254 e. The zero-order chi connectivity index (χ0) is 14.4. The Morgan fingerprint density at radius 3 is 2.90 bits per heavy atom. The summed E-state index contributed by atoms with van der Waals surface area (Å²) < 4.78 is 5.51. The number of nitrogens with zero attached hydrogens (tertiary/aromatic N) is 1. The fourth-order valence-electron chi connectivity index (χ4n) is 1.89. The maximum absolute atomic E-state index is 12.3. The summed E-state index contributed by atoms with van der Waals surface area (Å²) in [5.74, 6) is 0.687. The van der Waals surface area contributed by atoms with Crippen molar-refractivity contribution in [3.05, 3.63) is 53.9 Å². The topological polar surface area (TPSA) is 45.3 Å². The molecular weight excluding hydrogens is 320 g/mol. The number of carbonyl (C=O) groups excluding carboxylic acids is 1. The maximum atomic E-state index is 12.3. The minimum atomic E-state index is -0.0242. The standard InChI is InChI=1S/C15H17BrN2O2/c1-18(11-13-5-3-8-17-13)15(19)12-4-2-6-14(10-12)20-9-7-16/h2-6,8,10,17H,7,9,11H2,1H3. The molecule has 0 saturated heterocycles. The Labute approximate surface area is 126 Å². The number of hydrogen-bond donors (Lipinski definition) is 1. The van der Waals surface area contributed by atoms with E-state index in [0.717, 1.165) is 11.0 Å². The highest BCUT2D eigenvalue weighted by atomic mass is 79.9. The first kappa shape index (κ1) is 14.7. The number of aromatic amines is 1. The van der Waals surface area contributed by atoms with Gasteiger partial charge in [-0.25, -0.2) is 0 Å². The highest BCUT2D eigenvalue weighted by molar-refractivity contribution is 9.09. The van der Waals surface area contributed by atoms with Gasteiger partial charge in [-0.3, -0.25) is 4.79 Å². The second-order valence-electron chi connectivity index (χ2n) is 4.42. The zero-order valence-corrected chi connectivity index (χ0v) is 12.9. The van der Waals surface area contributed by atoms with Crippen molar-refractivity contribution in [2.24, 2.45) is 0 Å². The Kier molecular flexibility index (Phi) is 5.24. The molecule has 0 unspecified atom stereocenters. The lowest BCUT2D eigenvalue weighted by molar-refractivity contribution is 0.0783. The van der Waals surface area contributed by atoms with Gasteiger partial charge in [-0.05, 0) is 30.3 Å². The highest BCUT2D eigenvalue weighted by Gasteiger charge is 2.13. The van der Waals surface area contributed by atoms with Crippen LogP contribution in [-0.2, 0) is 6.54 Å². The number of amides is 1. The van der Waals surface area contributed by atoms with Crippen LogP contribution in [0.4, 0.5) is 0 Å². The number of ether oxygens (including phenoxy) is 1. The van der Waals surface area contributed by atoms with Gasteiger partial charge in [0.15, 0.2) is 0 Å². The molecule has 106 valence electrons. The quantitative estimate of drug-likeness (QED) is 0.824. The molecule has 1 amide bonds. The predicted octanol–water partition coefficient (Wildman–Crippen LogP) is 3.06. The first-order valence-electron chi connectivity index (χ1n) is 6.37. The number of rotatable bonds is 6. The molecule has 0 spiro atoms. The number of aromatic nitrogens is 1. The molecule has 2 rings (SSSR count). The second kappa shape index (κ2) is 7.14. The monoisotopic (exact) mass is 336 g/mol. The molecule has 1 aromatic heterocycles. The first-order valence-corrected chi connectivity index (χ1v) is 7.49. The maximum Gasteiger partial charge on any atom is 0.254 e. The van der Waals surface area contributed by atoms with Crippen LogP contribution in [0, 0.1) is 0 Å². The molecule has 1 aromatic carbocycles. The first-order chi connectivity index (χ1) is 9.70. The van der Waals surface area contributed by atoms with Crippen LogP contribution >= 0.6 is 15.9 Å². The van der Waals surface area contributed by atoms with Crippen molar-refractivity contribution in [2.45, 2.75) is 6.54 Å². The second-order valence-corrected chi connectivity index (χ2v) is 5.21. The summed E-state index contributed by atoms with van der Waals surface area (Å²) in [5.41, 5.74) is 1.64. The summed E-state index contributed by atoms with van der Waals surface area (Å²) in [4.78, 5) is 17.1. The Balaban J connectivity index is 2.04. The summed E-state index contributed by atoms with van der Waals surface area (Å²) in [5, 5.41) is 0.762. The molecule has 0 fully saturated rings. The van der Waals surface area contributed by atoms with Gasteiger partial charge in [-0.15, -0.1) is 0 Å². The highest BCUT2D eigenvalue weighted by Crippen LogP contribution is 2.15. The lowest BCUT2D eigenvalue weighted by atomic mass is 10.2. The van der Waals surface area contributed by atoms with Crippen molar-refractivity contribution in [2.75, 3.05) is 19.0 Å². The Morgan fingerprint density at radius 1 is 1.35 bits per heavy atom. The largest absolute Gasteiger partial charge is 0.493 e. The third-order valence-corrected chi connectivity index (χ3v) is 3.17. The van der Waals surface area contributed by atoms with E-state index in [1.54, 1.807) is 24.1 Å². The number of halogens is 1. The fraction of sp³-hybridized carbons (Fsp3) is 0.267. The van der Waals surface area contributed by atoms with Crippen LogP contribution in [0.15, 0.2) is 42.6 Å². The minimum absolute atomic E-state index is 0.0242. The van der Waals surface area contributed by atoms with Crippen LogP contribution in [0.3, 0.4) is 0 Å². The van der Waals surface area contributed by atoms with Crippen LogP contribution in [-0.4, -0.2) is 34.8 Å². The average molecular weight is 337 g/mol. The van der Waals surface area contributed by atoms with Gasteiger partial charge in [-0.1, -0.05) is 22.0 Å². The van der Waals surface area contributed by atoms with E-state index in [-0.39, 0.29) is 5.91 Å². The van der Waals surface area contributed by atoms with Crippen LogP contribution in [0.2, 0.25) is 0 Å². The van der Waals surface area contributed by atoms with Gasteiger partial charge in [0.2, 0.25) is 0 Å². The third kappa shape index (κ3) is 3.87. The molecule has 0 radical (unpaired) electrons. The van der Waals surface area contributed by atoms with Gasteiger partial charge in [0, 0.05) is 29.8 Å². The van der Waals surface area contributed by atoms with Gasteiger partial charge in [-0.2, -0.15) is 0 Å². The van der Waals surface area contributed by atoms with Crippen molar-refractivity contribution >= 4 is 21.8 Å². The van der Waals surface area contributed by atoms with E-state index in [1.165, 1.54) is 0 Å². The van der Waals surface area contributed by atoms with Gasteiger partial charge in [0.25, 0.3) is 5.91 Å². The van der Waals surface area contributed by atoms with Crippen LogP contribution in [0.5, 0.6) is 5.75 Å². The molecule has 1 heterocycles. The number of carbonyl (C=O) groups is 1. The third-order valence-electron chi connectivity index (χ3n) is 2.84. The van der Waals surface area contributed by atoms with Crippen molar-refractivity contribution in [3.8, 4) is 5.75 Å². The Hall–Kier alpha value is -1.75. The van der Waals surface area contributed by atoms with Crippen molar-refractivity contribution in [3.63, 3.8) is 0 Å². The fourth-order valence-corrected chi connectivity index (χ4v) is 2.05. The molecule has 0 aliphatic carbocycles. The normalized spacial score (nSPS) is 10.3. The summed E-state index contributed by atoms with van der Waals surface area (Å²) in [6, 6.07) is 11.1. The lowest BCUT2D eigenvalue weighted by Crippen LogP contribution is -2.26. The summed E-state index contributed by atoms with van der Waals surface area (Å²) in [6.45, 7) is 1.13. The number of nitrogens with one attached hydrogen (secondary N) is 1. The van der Waals surface area contributed by atoms with E-state index in [1.807, 2.05) is 30.5 Å². The molecule has 0 saturated carbocycles. The molecule has 2 aromatic rings. The van der Waals surface area contributed by atoms with Crippen LogP contribution in [0.1, 0.15) is 16.1 Å². The van der Waals surface area contributed by atoms with Gasteiger partial charge >= 0.3 is 0 Å². The summed E-state index contributed by atoms with van der Waals surface area (Å²) in [7, 11) is 1.79. The number of hydrogen-bond acceptors (Lipinski definition) is 2. The SMILES string of the molecule is CN(Cc1ccc[nH]1)C(=O)c1cccc(OCCBr)c1. The number of H-pyrrole nitrogens is 1. The van der Waals surface area contributed by atoms with E-state index in [9.17, 15) is 4.79 Å². The Bertz CT molecular complexity index is 555. The van der Waals surface area contributed by atoms with E-state index in [0.29, 0.717) is 24.5 Å². The van der Waals surface area contributed by atoms with Crippen molar-refractivity contribution in [1.29, 1.82) is 0 Å². The summed E-state index contributed by atoms with van der Waals surface area (Å²) in [6.07, 6.45) is 1.85. The zero-order valence-electron chi connectivity index (χ0n) is 11.3. The number of benzene rings is 1. The Morgan fingerprint density at radius 2 is 2.20 bits per heavy atom. The molecule has 5 heteroatoms. The van der Waals surface area contributed by atoms with E-state index in [4.69, 9.17) is 4.74 Å². The minimum Gasteiger partial charge on any atom is -0.493 e. The molecule has 0 aliphatic rings. The predicted molar refractivity (Wildman–Crippen MR) is 82.3 cm³/mol. The molecule has 4 nitrogen and oxygen atoms in total. The van der Waals surface area contributed by atoms with E-state index >= 15 is 0 Å². The van der Waals surface area contributed by atoms with Crippen molar-refractivity contribution < 1.29 is 9.53 Å². The van der Waals surface area contributed by atoms with Crippen LogP contribution in [0.25, 0.3) is 0 Å². The average Bonchev–Trinajstić information content (AvgIpc) is 2.97. The lowest BCUT2D eigenvalue weighted by Gasteiger charge is -2.17. The molecular formula is C15H17BrN2O2. The molecule has 0 bridgehead atoms. The molecule has 20 heavy (non-hydrogen) atoms. The molecule has 1 N–H and O–H groups in total. The van der Waals surface area contributed by atoms with Crippen LogP contribution < -0.4 is 4.74 Å². The summed E-state index contributed by atoms with van der Waals surface area (Å²) >= 11 is 3.31. The van der Waals surface area contributed by atoms with Gasteiger partial charge in [0.1, 0.15) is 5.75 Å². The van der Waals surface area contributed by atoms with Crippen molar-refractivity contribution in [1.82, 2.24) is 9.88 Å². The molecule has 0 atom stereocenters. The van der Waals surface area contributed by atoms with Gasteiger partial charge in [0.05, 0.1) is 13.2 Å². The number of alkyl halides is 1. The molecule has 0 aliphatic heterocycles. The van der Waals surface area contributed by atoms with Gasteiger partial charge < -0.3 is 14.6 Å². The van der Waals surface area contributed by atoms with E-state index in [2.05, 4.69) is 20.9 Å².